The fraction of sp³-hybridized carbons (Fsp3) is 0.214. The standard InChI is InChI=1S/C14H14FN3O2/c1-9-7-13(18(19)20)14(16-8-9)17-10(2)11-3-5-12(15)6-4-11/h3-8,10H,1-2H3,(H,16,17). The summed E-state index contributed by atoms with van der Waals surface area (Å²) >= 11 is 0. The van der Waals surface area contributed by atoms with E-state index in [1.807, 2.05) is 6.92 Å². The molecule has 20 heavy (non-hydrogen) atoms. The lowest BCUT2D eigenvalue weighted by Crippen LogP contribution is -2.10. The van der Waals surface area contributed by atoms with Crippen LogP contribution >= 0.6 is 0 Å². The fourth-order valence-electron chi connectivity index (χ4n) is 1.84. The molecular weight excluding hydrogens is 261 g/mol. The SMILES string of the molecule is Cc1cnc(NC(C)c2ccc(F)cc2)c([N+](=O)[O-])c1. The predicted octanol–water partition coefficient (Wildman–Crippen LogP) is 3.61. The molecule has 1 unspecified atom stereocenters. The van der Waals surface area contributed by atoms with E-state index < -0.39 is 4.92 Å². The predicted molar refractivity (Wildman–Crippen MR) is 74.1 cm³/mol. The van der Waals surface area contributed by atoms with Crippen LogP contribution in [0.5, 0.6) is 0 Å². The first kappa shape index (κ1) is 13.9. The van der Waals surface area contributed by atoms with Crippen LogP contribution < -0.4 is 5.32 Å². The highest BCUT2D eigenvalue weighted by Gasteiger charge is 2.17. The zero-order valence-corrected chi connectivity index (χ0v) is 11.1. The first-order valence-electron chi connectivity index (χ1n) is 6.10. The molecule has 2 aromatic rings. The van der Waals surface area contributed by atoms with E-state index in [2.05, 4.69) is 10.3 Å². The third kappa shape index (κ3) is 3.09. The van der Waals surface area contributed by atoms with Crippen LogP contribution in [0.15, 0.2) is 36.5 Å². The van der Waals surface area contributed by atoms with Crippen molar-refractivity contribution in [2.24, 2.45) is 0 Å². The summed E-state index contributed by atoms with van der Waals surface area (Å²) in [6, 6.07) is 7.21. The Kier molecular flexibility index (Phi) is 3.93. The number of aromatic nitrogens is 1. The Morgan fingerprint density at radius 2 is 2.00 bits per heavy atom. The number of benzene rings is 1. The van der Waals surface area contributed by atoms with E-state index in [1.54, 1.807) is 25.3 Å². The van der Waals surface area contributed by atoms with Gasteiger partial charge in [0, 0.05) is 12.3 Å². The monoisotopic (exact) mass is 275 g/mol. The van der Waals surface area contributed by atoms with Gasteiger partial charge in [0.1, 0.15) is 5.82 Å². The average Bonchev–Trinajstić information content (AvgIpc) is 2.41. The van der Waals surface area contributed by atoms with Crippen LogP contribution in [-0.4, -0.2) is 9.91 Å². The van der Waals surface area contributed by atoms with Crippen molar-refractivity contribution in [2.75, 3.05) is 5.32 Å². The molecule has 1 N–H and O–H groups in total. The maximum Gasteiger partial charge on any atom is 0.311 e. The van der Waals surface area contributed by atoms with Gasteiger partial charge in [-0.2, -0.15) is 0 Å². The number of nitrogens with zero attached hydrogens (tertiary/aromatic N) is 2. The van der Waals surface area contributed by atoms with Crippen molar-refractivity contribution in [3.63, 3.8) is 0 Å². The molecule has 104 valence electrons. The second-order valence-electron chi connectivity index (χ2n) is 4.56. The van der Waals surface area contributed by atoms with Crippen LogP contribution in [0.25, 0.3) is 0 Å². The van der Waals surface area contributed by atoms with Gasteiger partial charge in [0.2, 0.25) is 5.82 Å². The molecule has 0 aliphatic rings. The summed E-state index contributed by atoms with van der Waals surface area (Å²) in [4.78, 5) is 14.6. The van der Waals surface area contributed by atoms with Gasteiger partial charge >= 0.3 is 5.69 Å². The molecular formula is C14H14FN3O2. The highest BCUT2D eigenvalue weighted by atomic mass is 19.1. The molecule has 1 heterocycles. The summed E-state index contributed by atoms with van der Waals surface area (Å²) in [5.74, 6) is -0.113. The van der Waals surface area contributed by atoms with Crippen molar-refractivity contribution < 1.29 is 9.31 Å². The van der Waals surface area contributed by atoms with Gasteiger partial charge in [0.15, 0.2) is 0 Å². The molecule has 2 rings (SSSR count). The largest absolute Gasteiger partial charge is 0.358 e. The maximum atomic E-state index is 12.9. The van der Waals surface area contributed by atoms with E-state index in [9.17, 15) is 14.5 Å². The molecule has 0 bridgehead atoms. The van der Waals surface area contributed by atoms with Gasteiger partial charge in [-0.05, 0) is 37.1 Å². The molecule has 1 atom stereocenters. The summed E-state index contributed by atoms with van der Waals surface area (Å²) in [5, 5.41) is 14.0. The van der Waals surface area contributed by atoms with Crippen LogP contribution in [0, 0.1) is 22.9 Å². The summed E-state index contributed by atoms with van der Waals surface area (Å²) in [6.07, 6.45) is 1.56. The summed E-state index contributed by atoms with van der Waals surface area (Å²) in [5.41, 5.74) is 1.47. The Labute approximate surface area is 115 Å². The molecule has 1 aromatic carbocycles. The number of rotatable bonds is 4. The second-order valence-corrected chi connectivity index (χ2v) is 4.56. The van der Waals surface area contributed by atoms with Gasteiger partial charge < -0.3 is 5.32 Å². The van der Waals surface area contributed by atoms with Crippen molar-refractivity contribution in [1.82, 2.24) is 4.98 Å². The molecule has 0 aliphatic carbocycles. The molecule has 6 heteroatoms. The minimum absolute atomic E-state index is 0.0704. The Hall–Kier alpha value is -2.50. The van der Waals surface area contributed by atoms with Crippen LogP contribution in [0.2, 0.25) is 0 Å². The molecule has 0 radical (unpaired) electrons. The Balaban J connectivity index is 2.25. The second kappa shape index (κ2) is 5.64. The molecule has 5 nitrogen and oxygen atoms in total. The van der Waals surface area contributed by atoms with Gasteiger partial charge in [0.05, 0.1) is 11.0 Å². The molecule has 0 saturated heterocycles. The van der Waals surface area contributed by atoms with Crippen LogP contribution in [0.1, 0.15) is 24.1 Å². The number of nitrogens with one attached hydrogen (secondary N) is 1. The van der Waals surface area contributed by atoms with Crippen molar-refractivity contribution in [1.29, 1.82) is 0 Å². The smallest absolute Gasteiger partial charge is 0.311 e. The lowest BCUT2D eigenvalue weighted by atomic mass is 10.1. The van der Waals surface area contributed by atoms with E-state index in [4.69, 9.17) is 0 Å². The third-order valence-electron chi connectivity index (χ3n) is 2.92. The van der Waals surface area contributed by atoms with E-state index in [1.165, 1.54) is 18.2 Å². The van der Waals surface area contributed by atoms with Gasteiger partial charge in [-0.15, -0.1) is 0 Å². The lowest BCUT2D eigenvalue weighted by molar-refractivity contribution is -0.384. The van der Waals surface area contributed by atoms with Gasteiger partial charge in [-0.1, -0.05) is 12.1 Å². The minimum Gasteiger partial charge on any atom is -0.358 e. The highest BCUT2D eigenvalue weighted by molar-refractivity contribution is 5.57. The molecule has 0 fully saturated rings. The Bertz CT molecular complexity index is 629. The zero-order valence-electron chi connectivity index (χ0n) is 11.1. The number of aryl methyl sites for hydroxylation is 1. The molecule has 0 amide bonds. The number of nitro groups is 1. The molecule has 0 aliphatic heterocycles. The number of hydrogen-bond acceptors (Lipinski definition) is 4. The number of pyridine rings is 1. The first-order chi connectivity index (χ1) is 9.47. The zero-order chi connectivity index (χ0) is 14.7. The summed E-state index contributed by atoms with van der Waals surface area (Å²) in [7, 11) is 0. The topological polar surface area (TPSA) is 68.1 Å². The fourth-order valence-corrected chi connectivity index (χ4v) is 1.84. The molecule has 0 spiro atoms. The van der Waals surface area contributed by atoms with Gasteiger partial charge in [0.25, 0.3) is 0 Å². The van der Waals surface area contributed by atoms with E-state index in [0.717, 1.165) is 11.1 Å². The van der Waals surface area contributed by atoms with Crippen molar-refractivity contribution >= 4 is 11.5 Å². The van der Waals surface area contributed by atoms with Crippen molar-refractivity contribution in [3.05, 3.63) is 63.6 Å². The lowest BCUT2D eigenvalue weighted by Gasteiger charge is -2.15. The Morgan fingerprint density at radius 3 is 2.60 bits per heavy atom. The summed E-state index contributed by atoms with van der Waals surface area (Å²) < 4.78 is 12.9. The van der Waals surface area contributed by atoms with Crippen LogP contribution in [0.4, 0.5) is 15.9 Å². The molecule has 1 aromatic heterocycles. The number of anilines is 1. The van der Waals surface area contributed by atoms with E-state index in [0.29, 0.717) is 0 Å². The normalized spacial score (nSPS) is 11.9. The average molecular weight is 275 g/mol. The quantitative estimate of drug-likeness (QED) is 0.683. The number of hydrogen-bond donors (Lipinski definition) is 1. The van der Waals surface area contributed by atoms with E-state index >= 15 is 0 Å². The Morgan fingerprint density at radius 1 is 1.35 bits per heavy atom. The van der Waals surface area contributed by atoms with E-state index in [-0.39, 0.29) is 23.4 Å². The minimum atomic E-state index is -0.473. The highest BCUT2D eigenvalue weighted by Crippen LogP contribution is 2.26. The first-order valence-corrected chi connectivity index (χ1v) is 6.10. The number of halogens is 1. The van der Waals surface area contributed by atoms with Gasteiger partial charge in [-0.3, -0.25) is 10.1 Å². The molecule has 0 saturated carbocycles. The maximum absolute atomic E-state index is 12.9. The summed E-state index contributed by atoms with van der Waals surface area (Å²) in [6.45, 7) is 3.58. The van der Waals surface area contributed by atoms with Crippen molar-refractivity contribution in [2.45, 2.75) is 19.9 Å². The van der Waals surface area contributed by atoms with Crippen LogP contribution in [-0.2, 0) is 0 Å². The van der Waals surface area contributed by atoms with Gasteiger partial charge in [-0.25, -0.2) is 9.37 Å². The van der Waals surface area contributed by atoms with Crippen LogP contribution in [0.3, 0.4) is 0 Å². The van der Waals surface area contributed by atoms with Crippen molar-refractivity contribution in [3.8, 4) is 0 Å². The third-order valence-corrected chi connectivity index (χ3v) is 2.92.